The number of guanidine groups is 1. The van der Waals surface area contributed by atoms with Crippen LogP contribution in [0.1, 0.15) is 11.3 Å². The molecule has 7 nitrogen and oxygen atoms in total. The summed E-state index contributed by atoms with van der Waals surface area (Å²) in [4.78, 5) is 16.9. The van der Waals surface area contributed by atoms with Crippen LogP contribution in [-0.4, -0.2) is 42.6 Å². The molecule has 1 amide bonds. The first-order chi connectivity index (χ1) is 14.4. The summed E-state index contributed by atoms with van der Waals surface area (Å²) in [5.41, 5.74) is 8.74. The molecule has 3 rings (SSSR count). The molecule has 8 heteroatoms. The monoisotopic (exact) mass is 409 g/mol. The number of aryl methyl sites for hydroxylation is 2. The number of rotatable bonds is 7. The number of nitrogens with zero attached hydrogens (tertiary/aromatic N) is 3. The highest BCUT2D eigenvalue weighted by Gasteiger charge is 2.09. The number of benzene rings is 2. The Morgan fingerprint density at radius 3 is 2.63 bits per heavy atom. The van der Waals surface area contributed by atoms with Gasteiger partial charge in [-0.05, 0) is 30.0 Å². The fraction of sp³-hybridized carbons (Fsp3) is 0.227. The summed E-state index contributed by atoms with van der Waals surface area (Å²) in [5, 5.41) is 6.74. The standard InChI is InChI=1S/C22H24FN5O2/c1-28(2)21(29)14-25-22(24)26-20-13-17(27-30-20)10-8-15-9-11-18(19(23)12-15)16-6-4-3-5-7-16/h3-7,9,11-13H,8,10,14H2,1-2H3,(H3,24,25,26). The van der Waals surface area contributed by atoms with E-state index in [2.05, 4.69) is 15.5 Å². The maximum Gasteiger partial charge on any atom is 0.243 e. The molecule has 0 spiro atoms. The molecule has 0 radical (unpaired) electrons. The Hall–Kier alpha value is -3.68. The van der Waals surface area contributed by atoms with Gasteiger partial charge in [-0.3, -0.25) is 10.1 Å². The van der Waals surface area contributed by atoms with Gasteiger partial charge >= 0.3 is 0 Å². The Morgan fingerprint density at radius 2 is 1.93 bits per heavy atom. The first-order valence-electron chi connectivity index (χ1n) is 9.49. The molecule has 1 heterocycles. The molecule has 0 aliphatic carbocycles. The molecule has 0 saturated carbocycles. The van der Waals surface area contributed by atoms with Crippen molar-refractivity contribution in [1.29, 1.82) is 0 Å². The number of aliphatic imine (C=N–C) groups is 1. The number of hydrogen-bond acceptors (Lipinski definition) is 4. The predicted molar refractivity (Wildman–Crippen MR) is 115 cm³/mol. The number of nitrogens with one attached hydrogen (secondary N) is 1. The number of carbonyl (C=O) groups is 1. The smallest absolute Gasteiger partial charge is 0.243 e. The zero-order valence-corrected chi connectivity index (χ0v) is 16.9. The van der Waals surface area contributed by atoms with E-state index in [4.69, 9.17) is 10.3 Å². The summed E-state index contributed by atoms with van der Waals surface area (Å²) in [6, 6.07) is 16.4. The SMILES string of the molecule is CN(C)C(=O)CN=C(N)Nc1cc(CCc2ccc(-c3ccccc3)c(F)c2)no1. The maximum atomic E-state index is 14.5. The number of nitrogens with two attached hydrogens (primary N) is 1. The summed E-state index contributed by atoms with van der Waals surface area (Å²) >= 11 is 0. The van der Waals surface area contributed by atoms with E-state index in [1.165, 1.54) is 4.90 Å². The van der Waals surface area contributed by atoms with Crippen molar-refractivity contribution in [3.05, 3.63) is 71.7 Å². The van der Waals surface area contributed by atoms with E-state index in [0.717, 1.165) is 11.1 Å². The lowest BCUT2D eigenvalue weighted by Crippen LogP contribution is -2.28. The van der Waals surface area contributed by atoms with Crippen LogP contribution in [-0.2, 0) is 17.6 Å². The normalized spacial score (nSPS) is 11.4. The number of hydrogen-bond donors (Lipinski definition) is 2. The molecule has 0 bridgehead atoms. The van der Waals surface area contributed by atoms with Crippen molar-refractivity contribution in [3.8, 4) is 11.1 Å². The fourth-order valence-corrected chi connectivity index (χ4v) is 2.79. The van der Waals surface area contributed by atoms with Gasteiger partial charge in [0.1, 0.15) is 12.4 Å². The van der Waals surface area contributed by atoms with Crippen molar-refractivity contribution in [1.82, 2.24) is 10.1 Å². The summed E-state index contributed by atoms with van der Waals surface area (Å²) in [6.45, 7) is -0.0582. The van der Waals surface area contributed by atoms with Crippen LogP contribution < -0.4 is 11.1 Å². The van der Waals surface area contributed by atoms with Gasteiger partial charge in [0, 0.05) is 25.7 Å². The number of carbonyl (C=O) groups excluding carboxylic acids is 1. The second-order valence-corrected chi connectivity index (χ2v) is 6.98. The predicted octanol–water partition coefficient (Wildman–Crippen LogP) is 3.08. The van der Waals surface area contributed by atoms with Crippen LogP contribution in [0.4, 0.5) is 10.3 Å². The van der Waals surface area contributed by atoms with Gasteiger partial charge in [0.15, 0.2) is 5.96 Å². The van der Waals surface area contributed by atoms with E-state index in [0.29, 0.717) is 30.0 Å². The average Bonchev–Trinajstić information content (AvgIpc) is 3.18. The molecule has 156 valence electrons. The quantitative estimate of drug-likeness (QED) is 0.462. The van der Waals surface area contributed by atoms with Gasteiger partial charge in [-0.1, -0.05) is 47.6 Å². The number of anilines is 1. The molecule has 2 aromatic carbocycles. The molecule has 0 saturated heterocycles. The van der Waals surface area contributed by atoms with Crippen LogP contribution in [0.25, 0.3) is 11.1 Å². The van der Waals surface area contributed by atoms with Crippen LogP contribution in [0.15, 0.2) is 64.1 Å². The Labute approximate surface area is 174 Å². The lowest BCUT2D eigenvalue weighted by Gasteiger charge is -2.07. The minimum Gasteiger partial charge on any atom is -0.370 e. The molecule has 3 aromatic rings. The molecular weight excluding hydrogens is 385 g/mol. The number of halogens is 1. The fourth-order valence-electron chi connectivity index (χ4n) is 2.79. The second kappa shape index (κ2) is 9.69. The van der Waals surface area contributed by atoms with Gasteiger partial charge < -0.3 is 15.2 Å². The van der Waals surface area contributed by atoms with Crippen LogP contribution in [0.5, 0.6) is 0 Å². The van der Waals surface area contributed by atoms with E-state index >= 15 is 0 Å². The highest BCUT2D eigenvalue weighted by Crippen LogP contribution is 2.24. The third-order valence-electron chi connectivity index (χ3n) is 4.48. The van der Waals surface area contributed by atoms with Gasteiger partial charge in [0.05, 0.1) is 5.69 Å². The largest absolute Gasteiger partial charge is 0.370 e. The first kappa shape index (κ1) is 21.0. The molecule has 3 N–H and O–H groups in total. The van der Waals surface area contributed by atoms with Crippen molar-refractivity contribution in [2.45, 2.75) is 12.8 Å². The van der Waals surface area contributed by atoms with Crippen molar-refractivity contribution in [3.63, 3.8) is 0 Å². The van der Waals surface area contributed by atoms with Gasteiger partial charge in [0.25, 0.3) is 0 Å². The number of likely N-dealkylation sites (N-methyl/N-ethyl adjacent to an activating group) is 1. The van der Waals surface area contributed by atoms with Gasteiger partial charge in [0.2, 0.25) is 11.8 Å². The van der Waals surface area contributed by atoms with Gasteiger partial charge in [-0.25, -0.2) is 9.38 Å². The van der Waals surface area contributed by atoms with Crippen LogP contribution in [0.2, 0.25) is 0 Å². The van der Waals surface area contributed by atoms with Crippen molar-refractivity contribution in [2.24, 2.45) is 10.7 Å². The van der Waals surface area contributed by atoms with Crippen molar-refractivity contribution >= 4 is 17.8 Å². The third-order valence-corrected chi connectivity index (χ3v) is 4.48. The van der Waals surface area contributed by atoms with Crippen molar-refractivity contribution < 1.29 is 13.7 Å². The minimum absolute atomic E-state index is 0.0582. The molecule has 30 heavy (non-hydrogen) atoms. The lowest BCUT2D eigenvalue weighted by molar-refractivity contribution is -0.127. The van der Waals surface area contributed by atoms with Crippen LogP contribution in [0.3, 0.4) is 0 Å². The second-order valence-electron chi connectivity index (χ2n) is 6.98. The van der Waals surface area contributed by atoms with Gasteiger partial charge in [-0.15, -0.1) is 0 Å². The Balaban J connectivity index is 1.56. The molecule has 1 aromatic heterocycles. The molecule has 0 fully saturated rings. The van der Waals surface area contributed by atoms with E-state index < -0.39 is 0 Å². The van der Waals surface area contributed by atoms with Gasteiger partial charge in [-0.2, -0.15) is 0 Å². The summed E-state index contributed by atoms with van der Waals surface area (Å²) in [5.74, 6) is -0.0263. The summed E-state index contributed by atoms with van der Waals surface area (Å²) in [6.07, 6.45) is 1.18. The van der Waals surface area contributed by atoms with E-state index in [1.807, 2.05) is 36.4 Å². The Kier molecular flexibility index (Phi) is 6.79. The zero-order valence-electron chi connectivity index (χ0n) is 16.9. The van der Waals surface area contributed by atoms with Crippen molar-refractivity contribution in [2.75, 3.05) is 26.0 Å². The highest BCUT2D eigenvalue weighted by atomic mass is 19.1. The average molecular weight is 409 g/mol. The third kappa shape index (κ3) is 5.66. The van der Waals surface area contributed by atoms with Crippen LogP contribution in [0, 0.1) is 5.82 Å². The van der Waals surface area contributed by atoms with E-state index in [9.17, 15) is 9.18 Å². The van der Waals surface area contributed by atoms with E-state index in [-0.39, 0.29) is 24.2 Å². The molecule has 0 atom stereocenters. The minimum atomic E-state index is -0.252. The number of amides is 1. The Bertz CT molecular complexity index is 1030. The summed E-state index contributed by atoms with van der Waals surface area (Å²) < 4.78 is 19.7. The first-order valence-corrected chi connectivity index (χ1v) is 9.49. The molecular formula is C22H24FN5O2. The zero-order chi connectivity index (χ0) is 21.5. The van der Waals surface area contributed by atoms with Crippen LogP contribution >= 0.6 is 0 Å². The molecule has 0 unspecified atom stereocenters. The van der Waals surface area contributed by atoms with E-state index in [1.54, 1.807) is 32.3 Å². The maximum absolute atomic E-state index is 14.5. The molecule has 0 aliphatic rings. The summed E-state index contributed by atoms with van der Waals surface area (Å²) in [7, 11) is 3.29. The molecule has 0 aliphatic heterocycles. The topological polar surface area (TPSA) is 96.8 Å². The Morgan fingerprint density at radius 1 is 1.17 bits per heavy atom. The number of aromatic nitrogens is 1. The highest BCUT2D eigenvalue weighted by molar-refractivity contribution is 5.92. The lowest BCUT2D eigenvalue weighted by atomic mass is 10.0.